The van der Waals surface area contributed by atoms with Crippen LogP contribution in [0.15, 0.2) is 0 Å². The van der Waals surface area contributed by atoms with Crippen LogP contribution in [0.25, 0.3) is 0 Å². The lowest BCUT2D eigenvalue weighted by atomic mass is 10.7. The summed E-state index contributed by atoms with van der Waals surface area (Å²) in [6.07, 6.45) is 0. The quantitative estimate of drug-likeness (QED) is 0.419. The average Bonchev–Trinajstić information content (AvgIpc) is 2.20. The Morgan fingerprint density at radius 2 is 1.40 bits per heavy atom. The molecular weight excluding hydrogens is 220 g/mol. The molecule has 1 N–H and O–H groups in total. The van der Waals surface area contributed by atoms with E-state index in [1.54, 1.807) is 7.11 Å². The van der Waals surface area contributed by atoms with Crippen LogP contribution in [-0.2, 0) is 18.9 Å². The van der Waals surface area contributed by atoms with Gasteiger partial charge in [-0.2, -0.15) is 0 Å². The SMILES string of the molecule is COCCOCCOCCOCC(O)=S. The number of hydrogen-bond acceptors (Lipinski definition) is 5. The Morgan fingerprint density at radius 3 is 1.87 bits per heavy atom. The molecule has 0 spiro atoms. The molecule has 0 aromatic carbocycles. The van der Waals surface area contributed by atoms with E-state index in [-0.39, 0.29) is 11.7 Å². The molecule has 0 aliphatic carbocycles. The number of hydrogen-bond donors (Lipinski definition) is 1. The summed E-state index contributed by atoms with van der Waals surface area (Å²) in [5.74, 6) is 0. The maximum absolute atomic E-state index is 8.61. The van der Waals surface area contributed by atoms with Gasteiger partial charge in [-0.05, 0) is 12.2 Å². The van der Waals surface area contributed by atoms with Crippen molar-refractivity contribution in [3.63, 3.8) is 0 Å². The Morgan fingerprint density at radius 1 is 0.933 bits per heavy atom. The molecule has 0 atom stereocenters. The molecule has 0 aromatic rings. The summed E-state index contributed by atoms with van der Waals surface area (Å²) in [6.45, 7) is 3.21. The molecule has 5 nitrogen and oxygen atoms in total. The van der Waals surface area contributed by atoms with Gasteiger partial charge in [-0.25, -0.2) is 0 Å². The zero-order valence-corrected chi connectivity index (χ0v) is 9.75. The Kier molecular flexibility index (Phi) is 11.6. The number of rotatable bonds is 11. The lowest BCUT2D eigenvalue weighted by Gasteiger charge is -2.05. The minimum atomic E-state index is -0.141. The van der Waals surface area contributed by atoms with Crippen molar-refractivity contribution in [1.29, 1.82) is 0 Å². The van der Waals surface area contributed by atoms with Crippen molar-refractivity contribution in [2.45, 2.75) is 0 Å². The molecule has 90 valence electrons. The van der Waals surface area contributed by atoms with Gasteiger partial charge in [0.2, 0.25) is 0 Å². The number of aliphatic hydroxyl groups is 1. The van der Waals surface area contributed by atoms with Crippen molar-refractivity contribution >= 4 is 17.3 Å². The van der Waals surface area contributed by atoms with Gasteiger partial charge < -0.3 is 24.1 Å². The van der Waals surface area contributed by atoms with Crippen molar-refractivity contribution in [2.75, 3.05) is 53.4 Å². The van der Waals surface area contributed by atoms with Gasteiger partial charge >= 0.3 is 0 Å². The van der Waals surface area contributed by atoms with Crippen molar-refractivity contribution < 1.29 is 24.1 Å². The molecule has 0 saturated carbocycles. The van der Waals surface area contributed by atoms with Gasteiger partial charge in [0, 0.05) is 7.11 Å². The normalized spacial score (nSPS) is 10.5. The van der Waals surface area contributed by atoms with E-state index in [0.29, 0.717) is 39.6 Å². The first-order chi connectivity index (χ1) is 7.27. The van der Waals surface area contributed by atoms with Gasteiger partial charge in [-0.15, -0.1) is 0 Å². The summed E-state index contributed by atoms with van der Waals surface area (Å²) in [4.78, 5) is 0. The van der Waals surface area contributed by atoms with E-state index in [0.717, 1.165) is 0 Å². The molecule has 0 rings (SSSR count). The van der Waals surface area contributed by atoms with E-state index in [9.17, 15) is 0 Å². The molecule has 0 aliphatic rings. The van der Waals surface area contributed by atoms with Crippen molar-refractivity contribution in [2.24, 2.45) is 0 Å². The fourth-order valence-corrected chi connectivity index (χ4v) is 0.825. The van der Waals surface area contributed by atoms with Crippen LogP contribution in [0.5, 0.6) is 0 Å². The average molecular weight is 238 g/mol. The largest absolute Gasteiger partial charge is 0.500 e. The zero-order valence-electron chi connectivity index (χ0n) is 8.94. The predicted octanol–water partition coefficient (Wildman–Crippen LogP) is 0.568. The number of thiocarbonyl (C=S) groups is 1. The second-order valence-corrected chi connectivity index (χ2v) is 3.14. The van der Waals surface area contributed by atoms with Crippen molar-refractivity contribution in [3.8, 4) is 0 Å². The molecule has 0 heterocycles. The summed E-state index contributed by atoms with van der Waals surface area (Å²) in [5, 5.41) is 8.47. The monoisotopic (exact) mass is 238 g/mol. The topological polar surface area (TPSA) is 57.2 Å². The van der Waals surface area contributed by atoms with Crippen LogP contribution < -0.4 is 0 Å². The van der Waals surface area contributed by atoms with E-state index in [2.05, 4.69) is 12.2 Å². The van der Waals surface area contributed by atoms with E-state index >= 15 is 0 Å². The number of aliphatic hydroxyl groups excluding tert-OH is 1. The fourth-order valence-electron chi connectivity index (χ4n) is 0.742. The molecule has 0 fully saturated rings. The standard InChI is InChI=1S/C9H18O5S/c1-11-2-3-12-4-5-13-6-7-14-8-9(10)15/h2-8H2,1H3,(H,10,15). The van der Waals surface area contributed by atoms with Crippen LogP contribution in [0.2, 0.25) is 0 Å². The third kappa shape index (κ3) is 13.7. The molecule has 0 bridgehead atoms. The van der Waals surface area contributed by atoms with Crippen molar-refractivity contribution in [3.05, 3.63) is 0 Å². The van der Waals surface area contributed by atoms with E-state index < -0.39 is 0 Å². The Labute approximate surface area is 95.3 Å². The lowest BCUT2D eigenvalue weighted by molar-refractivity contribution is 0.00750. The second kappa shape index (κ2) is 11.8. The van der Waals surface area contributed by atoms with Gasteiger partial charge in [-0.3, -0.25) is 0 Å². The summed E-state index contributed by atoms with van der Waals surface area (Å²) < 4.78 is 20.1. The van der Waals surface area contributed by atoms with E-state index in [1.165, 1.54) is 0 Å². The minimum absolute atomic E-state index is 0.0863. The van der Waals surface area contributed by atoms with Gasteiger partial charge in [0.15, 0.2) is 5.05 Å². The first kappa shape index (κ1) is 14.7. The summed E-state index contributed by atoms with van der Waals surface area (Å²) in [7, 11) is 1.63. The van der Waals surface area contributed by atoms with Crippen LogP contribution in [0.1, 0.15) is 0 Å². The van der Waals surface area contributed by atoms with E-state index in [1.807, 2.05) is 0 Å². The minimum Gasteiger partial charge on any atom is -0.500 e. The Hall–Kier alpha value is -0.270. The summed E-state index contributed by atoms with van der Waals surface area (Å²) in [5.41, 5.74) is 0. The highest BCUT2D eigenvalue weighted by atomic mass is 32.1. The van der Waals surface area contributed by atoms with Crippen LogP contribution in [0.3, 0.4) is 0 Å². The Balaban J connectivity index is 2.89. The first-order valence-electron chi connectivity index (χ1n) is 4.71. The molecule has 6 heteroatoms. The third-order valence-corrected chi connectivity index (χ3v) is 1.52. The molecular formula is C9H18O5S. The highest BCUT2D eigenvalue weighted by Gasteiger charge is 1.93. The van der Waals surface area contributed by atoms with E-state index in [4.69, 9.17) is 24.1 Å². The fraction of sp³-hybridized carbons (Fsp3) is 0.889. The summed E-state index contributed by atoms with van der Waals surface area (Å²) >= 11 is 4.41. The molecule has 0 aromatic heterocycles. The zero-order chi connectivity index (χ0) is 11.4. The molecule has 0 radical (unpaired) electrons. The van der Waals surface area contributed by atoms with Crippen LogP contribution in [0, 0.1) is 0 Å². The number of ether oxygens (including phenoxy) is 4. The highest BCUT2D eigenvalue weighted by Crippen LogP contribution is 1.82. The maximum Gasteiger partial charge on any atom is 0.183 e. The second-order valence-electron chi connectivity index (χ2n) is 2.66. The van der Waals surface area contributed by atoms with Gasteiger partial charge in [-0.1, -0.05) is 0 Å². The molecule has 0 aliphatic heterocycles. The Bertz CT molecular complexity index is 153. The highest BCUT2D eigenvalue weighted by molar-refractivity contribution is 7.80. The van der Waals surface area contributed by atoms with Crippen LogP contribution in [-0.4, -0.2) is 63.5 Å². The van der Waals surface area contributed by atoms with Crippen LogP contribution in [0.4, 0.5) is 0 Å². The third-order valence-electron chi connectivity index (χ3n) is 1.40. The molecule has 0 unspecified atom stereocenters. The van der Waals surface area contributed by atoms with Crippen molar-refractivity contribution in [1.82, 2.24) is 0 Å². The van der Waals surface area contributed by atoms with Gasteiger partial charge in [0.1, 0.15) is 6.61 Å². The first-order valence-corrected chi connectivity index (χ1v) is 5.12. The smallest absolute Gasteiger partial charge is 0.183 e. The van der Waals surface area contributed by atoms with Gasteiger partial charge in [0.05, 0.1) is 39.6 Å². The molecule has 0 saturated heterocycles. The van der Waals surface area contributed by atoms with Crippen LogP contribution >= 0.6 is 12.2 Å². The summed E-state index contributed by atoms with van der Waals surface area (Å²) in [6, 6.07) is 0. The van der Waals surface area contributed by atoms with Gasteiger partial charge in [0.25, 0.3) is 0 Å². The maximum atomic E-state index is 8.61. The lowest BCUT2D eigenvalue weighted by Crippen LogP contribution is -2.13. The molecule has 15 heavy (non-hydrogen) atoms. The predicted molar refractivity (Wildman–Crippen MR) is 59.6 cm³/mol. The molecule has 0 amide bonds. The number of methoxy groups -OCH3 is 1.